The Kier molecular flexibility index (Phi) is 9.41. The standard InChI is InChI=1S/C33H43Cl2N3O4S/c1-21(2)18-36-32(40)22(3)37(19-28-29(34)6-5-7-30(28)35)31(39)20-38(43(4,41)42)27-10-8-26(9-11-27)33-15-23-12-24(16-33)14-25(13-23)17-33/h5-11,21-25H,12-20H2,1-4H3,(H,36,40). The van der Waals surface area contributed by atoms with Crippen molar-refractivity contribution in [3.05, 3.63) is 63.6 Å². The summed E-state index contributed by atoms with van der Waals surface area (Å²) in [7, 11) is -3.83. The van der Waals surface area contributed by atoms with Crippen molar-refractivity contribution in [2.24, 2.45) is 23.7 Å². The van der Waals surface area contributed by atoms with Crippen molar-refractivity contribution in [2.45, 2.75) is 77.3 Å². The minimum atomic E-state index is -3.83. The van der Waals surface area contributed by atoms with Crippen LogP contribution in [0.25, 0.3) is 0 Å². The molecular weight excluding hydrogens is 605 g/mol. The molecule has 10 heteroatoms. The van der Waals surface area contributed by atoms with E-state index in [4.69, 9.17) is 23.2 Å². The Bertz CT molecular complexity index is 1410. The van der Waals surface area contributed by atoms with Crippen LogP contribution < -0.4 is 9.62 Å². The van der Waals surface area contributed by atoms with Crippen LogP contribution in [-0.4, -0.2) is 50.5 Å². The van der Waals surface area contributed by atoms with E-state index < -0.39 is 28.5 Å². The Morgan fingerprint density at radius 1 is 0.930 bits per heavy atom. The van der Waals surface area contributed by atoms with Crippen LogP contribution in [-0.2, 0) is 31.6 Å². The zero-order valence-electron chi connectivity index (χ0n) is 25.5. The highest BCUT2D eigenvalue weighted by atomic mass is 35.5. The maximum absolute atomic E-state index is 13.9. The summed E-state index contributed by atoms with van der Waals surface area (Å²) in [6.07, 6.45) is 8.79. The lowest BCUT2D eigenvalue weighted by Gasteiger charge is -2.57. The summed E-state index contributed by atoms with van der Waals surface area (Å²) in [6.45, 7) is 5.54. The third kappa shape index (κ3) is 7.02. The number of rotatable bonds is 11. The van der Waals surface area contributed by atoms with E-state index in [2.05, 4.69) is 17.4 Å². The molecule has 0 aliphatic heterocycles. The number of halogens is 2. The van der Waals surface area contributed by atoms with Gasteiger partial charge in [-0.1, -0.05) is 55.2 Å². The zero-order chi connectivity index (χ0) is 31.1. The summed E-state index contributed by atoms with van der Waals surface area (Å²) >= 11 is 12.9. The molecule has 1 N–H and O–H groups in total. The number of anilines is 1. The normalized spacial score (nSPS) is 25.0. The molecule has 6 rings (SSSR count). The van der Waals surface area contributed by atoms with E-state index in [0.717, 1.165) is 28.3 Å². The number of hydrogen-bond donors (Lipinski definition) is 1. The van der Waals surface area contributed by atoms with Crippen molar-refractivity contribution in [3.63, 3.8) is 0 Å². The summed E-state index contributed by atoms with van der Waals surface area (Å²) < 4.78 is 27.3. The van der Waals surface area contributed by atoms with E-state index >= 15 is 0 Å². The highest BCUT2D eigenvalue weighted by molar-refractivity contribution is 7.92. The summed E-state index contributed by atoms with van der Waals surface area (Å²) in [5.41, 5.74) is 2.38. The Labute approximate surface area is 266 Å². The summed E-state index contributed by atoms with van der Waals surface area (Å²) in [5.74, 6) is 1.76. The number of nitrogens with zero attached hydrogens (tertiary/aromatic N) is 2. The Morgan fingerprint density at radius 2 is 1.47 bits per heavy atom. The van der Waals surface area contributed by atoms with Gasteiger partial charge >= 0.3 is 0 Å². The number of carbonyl (C=O) groups excluding carboxylic acids is 2. The van der Waals surface area contributed by atoms with Crippen molar-refractivity contribution >= 4 is 50.7 Å². The van der Waals surface area contributed by atoms with Gasteiger partial charge in [0.15, 0.2) is 0 Å². The Balaban J connectivity index is 1.40. The molecule has 0 radical (unpaired) electrons. The van der Waals surface area contributed by atoms with Crippen LogP contribution in [0, 0.1) is 23.7 Å². The van der Waals surface area contributed by atoms with E-state index in [1.807, 2.05) is 26.0 Å². The van der Waals surface area contributed by atoms with E-state index in [9.17, 15) is 18.0 Å². The molecule has 1 unspecified atom stereocenters. The highest BCUT2D eigenvalue weighted by Gasteiger charge is 2.51. The minimum absolute atomic E-state index is 0.0455. The highest BCUT2D eigenvalue weighted by Crippen LogP contribution is 2.60. The molecule has 0 saturated heterocycles. The van der Waals surface area contributed by atoms with Gasteiger partial charge in [0, 0.05) is 28.7 Å². The molecule has 4 aliphatic rings. The molecule has 43 heavy (non-hydrogen) atoms. The lowest BCUT2D eigenvalue weighted by Crippen LogP contribution is -2.51. The van der Waals surface area contributed by atoms with Gasteiger partial charge in [0.05, 0.1) is 11.9 Å². The first-order valence-corrected chi connectivity index (χ1v) is 17.9. The first kappa shape index (κ1) is 32.1. The zero-order valence-corrected chi connectivity index (χ0v) is 27.8. The van der Waals surface area contributed by atoms with Crippen LogP contribution in [0.5, 0.6) is 0 Å². The van der Waals surface area contributed by atoms with Gasteiger partial charge in [-0.3, -0.25) is 13.9 Å². The third-order valence-electron chi connectivity index (χ3n) is 9.73. The molecule has 7 nitrogen and oxygen atoms in total. The van der Waals surface area contributed by atoms with Crippen LogP contribution in [0.2, 0.25) is 10.0 Å². The number of amides is 2. The lowest BCUT2D eigenvalue weighted by molar-refractivity contribution is -0.139. The number of hydrogen-bond acceptors (Lipinski definition) is 4. The molecule has 0 spiro atoms. The van der Waals surface area contributed by atoms with Gasteiger partial charge in [-0.05, 0) is 104 Å². The molecule has 1 atom stereocenters. The van der Waals surface area contributed by atoms with E-state index in [1.54, 1.807) is 25.1 Å². The van der Waals surface area contributed by atoms with Gasteiger partial charge in [0.1, 0.15) is 12.6 Å². The number of benzene rings is 2. The second-order valence-electron chi connectivity index (χ2n) is 13.6. The van der Waals surface area contributed by atoms with Crippen LogP contribution in [0.4, 0.5) is 5.69 Å². The average molecular weight is 649 g/mol. The Hall–Kier alpha value is -2.29. The predicted octanol–water partition coefficient (Wildman–Crippen LogP) is 6.42. The molecule has 4 saturated carbocycles. The number of sulfonamides is 1. The van der Waals surface area contributed by atoms with Crippen LogP contribution in [0.3, 0.4) is 0 Å². The van der Waals surface area contributed by atoms with Gasteiger partial charge < -0.3 is 10.2 Å². The van der Waals surface area contributed by atoms with E-state index in [1.165, 1.54) is 49.0 Å². The largest absolute Gasteiger partial charge is 0.354 e. The average Bonchev–Trinajstić information content (AvgIpc) is 2.93. The first-order valence-electron chi connectivity index (χ1n) is 15.3. The minimum Gasteiger partial charge on any atom is -0.354 e. The fourth-order valence-corrected chi connectivity index (χ4v) is 9.31. The maximum Gasteiger partial charge on any atom is 0.244 e. The number of nitrogens with one attached hydrogen (secondary N) is 1. The first-order chi connectivity index (χ1) is 20.3. The molecule has 234 valence electrons. The lowest BCUT2D eigenvalue weighted by atomic mass is 9.48. The van der Waals surface area contributed by atoms with Crippen LogP contribution in [0.15, 0.2) is 42.5 Å². The summed E-state index contributed by atoms with van der Waals surface area (Å²) in [6, 6.07) is 11.9. The van der Waals surface area contributed by atoms with Crippen molar-refractivity contribution in [1.82, 2.24) is 10.2 Å². The fraction of sp³-hybridized carbons (Fsp3) is 0.576. The molecule has 2 aromatic carbocycles. The van der Waals surface area contributed by atoms with Crippen molar-refractivity contribution in [1.29, 1.82) is 0 Å². The van der Waals surface area contributed by atoms with E-state index in [0.29, 0.717) is 27.8 Å². The molecule has 4 aliphatic carbocycles. The molecule has 0 heterocycles. The predicted molar refractivity (Wildman–Crippen MR) is 173 cm³/mol. The van der Waals surface area contributed by atoms with Crippen molar-refractivity contribution in [2.75, 3.05) is 23.7 Å². The summed E-state index contributed by atoms with van der Waals surface area (Å²) in [4.78, 5) is 28.4. The van der Waals surface area contributed by atoms with Gasteiger partial charge in [-0.25, -0.2) is 8.42 Å². The van der Waals surface area contributed by atoms with Gasteiger partial charge in [-0.15, -0.1) is 0 Å². The van der Waals surface area contributed by atoms with Crippen molar-refractivity contribution in [3.8, 4) is 0 Å². The molecule has 2 aromatic rings. The van der Waals surface area contributed by atoms with E-state index in [-0.39, 0.29) is 23.8 Å². The topological polar surface area (TPSA) is 86.8 Å². The Morgan fingerprint density at radius 3 is 1.95 bits per heavy atom. The summed E-state index contributed by atoms with van der Waals surface area (Å²) in [5, 5.41) is 3.60. The SMILES string of the molecule is CC(C)CNC(=O)C(C)N(Cc1c(Cl)cccc1Cl)C(=O)CN(c1ccc(C23CC4CC(CC(C4)C2)C3)cc1)S(C)(=O)=O. The molecular formula is C33H43Cl2N3O4S. The van der Waals surface area contributed by atoms with Crippen LogP contribution >= 0.6 is 23.2 Å². The second kappa shape index (κ2) is 12.6. The molecule has 4 fully saturated rings. The second-order valence-corrected chi connectivity index (χ2v) is 16.3. The van der Waals surface area contributed by atoms with Crippen LogP contribution in [0.1, 0.15) is 70.4 Å². The number of carbonyl (C=O) groups is 2. The maximum atomic E-state index is 13.9. The molecule has 4 bridgehead atoms. The van der Waals surface area contributed by atoms with Gasteiger partial charge in [0.2, 0.25) is 21.8 Å². The smallest absolute Gasteiger partial charge is 0.244 e. The molecule has 2 amide bonds. The molecule has 0 aromatic heterocycles. The van der Waals surface area contributed by atoms with Gasteiger partial charge in [-0.2, -0.15) is 0 Å². The van der Waals surface area contributed by atoms with Crippen molar-refractivity contribution < 1.29 is 18.0 Å². The third-order valence-corrected chi connectivity index (χ3v) is 11.6. The quantitative estimate of drug-likeness (QED) is 0.305. The fourth-order valence-electron chi connectivity index (χ4n) is 7.95. The van der Waals surface area contributed by atoms with Gasteiger partial charge in [0.25, 0.3) is 0 Å². The monoisotopic (exact) mass is 647 g/mol.